The van der Waals surface area contributed by atoms with Crippen molar-refractivity contribution in [3.63, 3.8) is 0 Å². The van der Waals surface area contributed by atoms with Crippen LogP contribution < -0.4 is 5.32 Å². The molecule has 25 heavy (non-hydrogen) atoms. The number of nitrogens with zero attached hydrogens (tertiary/aromatic N) is 3. The second kappa shape index (κ2) is 7.08. The first-order chi connectivity index (χ1) is 12.1. The van der Waals surface area contributed by atoms with Crippen molar-refractivity contribution < 1.29 is 18.7 Å². The number of aromatic nitrogens is 3. The number of hydrogen-bond acceptors (Lipinski definition) is 5. The van der Waals surface area contributed by atoms with Crippen molar-refractivity contribution in [2.75, 3.05) is 11.9 Å². The van der Waals surface area contributed by atoms with E-state index in [2.05, 4.69) is 15.6 Å². The Morgan fingerprint density at radius 2 is 1.96 bits per heavy atom. The normalized spacial score (nSPS) is 10.6. The first-order valence-corrected chi connectivity index (χ1v) is 7.62. The highest BCUT2D eigenvalue weighted by atomic mass is 19.1. The Balaban J connectivity index is 1.60. The first kappa shape index (κ1) is 16.6. The van der Waals surface area contributed by atoms with Gasteiger partial charge in [-0.1, -0.05) is 5.21 Å². The number of benzene rings is 2. The highest BCUT2D eigenvalue weighted by Crippen LogP contribution is 2.14. The summed E-state index contributed by atoms with van der Waals surface area (Å²) in [5, 5.41) is 10.5. The minimum absolute atomic E-state index is 0.283. The van der Waals surface area contributed by atoms with E-state index >= 15 is 0 Å². The zero-order valence-corrected chi connectivity index (χ0v) is 13.4. The summed E-state index contributed by atoms with van der Waals surface area (Å²) >= 11 is 0. The van der Waals surface area contributed by atoms with Crippen molar-refractivity contribution >= 4 is 28.6 Å². The van der Waals surface area contributed by atoms with Crippen molar-refractivity contribution in [3.05, 3.63) is 53.8 Å². The summed E-state index contributed by atoms with van der Waals surface area (Å²) in [4.78, 5) is 23.8. The van der Waals surface area contributed by atoms with Crippen LogP contribution in [0.3, 0.4) is 0 Å². The molecule has 1 heterocycles. The molecule has 0 unspecified atom stereocenters. The molecule has 3 rings (SSSR count). The van der Waals surface area contributed by atoms with Gasteiger partial charge in [0.05, 0.1) is 11.1 Å². The predicted octanol–water partition coefficient (Wildman–Crippen LogP) is 2.39. The summed E-state index contributed by atoms with van der Waals surface area (Å²) in [7, 11) is 0. The molecule has 1 N–H and O–H groups in total. The fourth-order valence-corrected chi connectivity index (χ4v) is 2.28. The van der Waals surface area contributed by atoms with E-state index in [1.807, 2.05) is 6.92 Å². The highest BCUT2D eigenvalue weighted by Gasteiger charge is 2.13. The van der Waals surface area contributed by atoms with Gasteiger partial charge in [0.1, 0.15) is 11.3 Å². The van der Waals surface area contributed by atoms with Crippen molar-refractivity contribution in [2.45, 2.75) is 13.5 Å². The lowest BCUT2D eigenvalue weighted by atomic mass is 10.2. The molecule has 0 aliphatic heterocycles. The zero-order chi connectivity index (χ0) is 17.8. The molecule has 1 amide bonds. The molecular weight excluding hydrogens is 327 g/mol. The Morgan fingerprint density at radius 1 is 1.20 bits per heavy atom. The summed E-state index contributed by atoms with van der Waals surface area (Å²) in [5.41, 5.74) is 2.09. The van der Waals surface area contributed by atoms with Crippen LogP contribution >= 0.6 is 0 Å². The van der Waals surface area contributed by atoms with E-state index in [1.165, 1.54) is 24.3 Å². The predicted molar refractivity (Wildman–Crippen MR) is 88.5 cm³/mol. The number of esters is 1. The maximum absolute atomic E-state index is 12.8. The molecule has 0 radical (unpaired) electrons. The van der Waals surface area contributed by atoms with E-state index in [0.717, 1.165) is 5.52 Å². The van der Waals surface area contributed by atoms with E-state index in [-0.39, 0.29) is 5.56 Å². The Morgan fingerprint density at radius 3 is 2.68 bits per heavy atom. The summed E-state index contributed by atoms with van der Waals surface area (Å²) in [6, 6.07) is 10.2. The van der Waals surface area contributed by atoms with Crippen LogP contribution in [0.25, 0.3) is 11.0 Å². The Kier molecular flexibility index (Phi) is 4.69. The van der Waals surface area contributed by atoms with E-state index in [0.29, 0.717) is 17.7 Å². The van der Waals surface area contributed by atoms with Crippen LogP contribution in [0.4, 0.5) is 10.1 Å². The third-order valence-corrected chi connectivity index (χ3v) is 3.51. The Labute approximate surface area is 142 Å². The molecule has 7 nitrogen and oxygen atoms in total. The second-order valence-electron chi connectivity index (χ2n) is 5.24. The zero-order valence-electron chi connectivity index (χ0n) is 13.4. The van der Waals surface area contributed by atoms with Crippen molar-refractivity contribution in [2.24, 2.45) is 0 Å². The fraction of sp³-hybridized carbons (Fsp3) is 0.176. The SMILES string of the molecule is CCn1nnc2cc(C(=O)OCC(=O)Nc3ccc(F)cc3)ccc21. The summed E-state index contributed by atoms with van der Waals surface area (Å²) in [6.45, 7) is 2.16. The molecule has 0 bridgehead atoms. The number of fused-ring (bicyclic) bond motifs is 1. The molecule has 3 aromatic rings. The number of amides is 1. The lowest BCUT2D eigenvalue weighted by molar-refractivity contribution is -0.119. The number of anilines is 1. The van der Waals surface area contributed by atoms with Crippen LogP contribution in [-0.4, -0.2) is 33.5 Å². The monoisotopic (exact) mass is 342 g/mol. The molecule has 128 valence electrons. The molecule has 0 fully saturated rings. The van der Waals surface area contributed by atoms with Crippen LogP contribution in [0.2, 0.25) is 0 Å². The largest absolute Gasteiger partial charge is 0.452 e. The van der Waals surface area contributed by atoms with Gasteiger partial charge in [0.25, 0.3) is 5.91 Å². The standard InChI is InChI=1S/C17H15FN4O3/c1-2-22-15-8-3-11(9-14(15)20-21-22)17(24)25-10-16(23)19-13-6-4-12(18)5-7-13/h3-9H,2,10H2,1H3,(H,19,23). The number of aryl methyl sites for hydroxylation is 1. The van der Waals surface area contributed by atoms with E-state index in [1.54, 1.807) is 22.9 Å². The third-order valence-electron chi connectivity index (χ3n) is 3.51. The number of hydrogen-bond donors (Lipinski definition) is 1. The second-order valence-corrected chi connectivity index (χ2v) is 5.24. The average Bonchev–Trinajstić information content (AvgIpc) is 3.04. The van der Waals surface area contributed by atoms with Gasteiger partial charge in [-0.25, -0.2) is 13.9 Å². The molecule has 2 aromatic carbocycles. The molecule has 0 saturated carbocycles. The number of nitrogens with one attached hydrogen (secondary N) is 1. The van der Waals surface area contributed by atoms with Crippen LogP contribution in [0, 0.1) is 5.82 Å². The molecule has 1 aromatic heterocycles. The first-order valence-electron chi connectivity index (χ1n) is 7.62. The Hall–Kier alpha value is -3.29. The van der Waals surface area contributed by atoms with E-state index in [9.17, 15) is 14.0 Å². The molecule has 0 spiro atoms. The highest BCUT2D eigenvalue weighted by molar-refractivity contribution is 5.97. The number of rotatable bonds is 5. The lowest BCUT2D eigenvalue weighted by Gasteiger charge is -2.07. The van der Waals surface area contributed by atoms with E-state index < -0.39 is 24.3 Å². The number of carbonyl (C=O) groups excluding carboxylic acids is 2. The summed E-state index contributed by atoms with van der Waals surface area (Å²) in [5.74, 6) is -1.56. The number of halogens is 1. The molecular formula is C17H15FN4O3. The van der Waals surface area contributed by atoms with Crippen LogP contribution in [0.5, 0.6) is 0 Å². The quantitative estimate of drug-likeness (QED) is 0.720. The van der Waals surface area contributed by atoms with E-state index in [4.69, 9.17) is 4.74 Å². The molecule has 0 aliphatic carbocycles. The maximum atomic E-state index is 12.8. The van der Waals surface area contributed by atoms with Gasteiger partial charge < -0.3 is 10.1 Å². The maximum Gasteiger partial charge on any atom is 0.338 e. The van der Waals surface area contributed by atoms with Gasteiger partial charge in [-0.05, 0) is 49.4 Å². The van der Waals surface area contributed by atoms with Gasteiger partial charge >= 0.3 is 5.97 Å². The van der Waals surface area contributed by atoms with Crippen LogP contribution in [-0.2, 0) is 16.1 Å². The minimum Gasteiger partial charge on any atom is -0.452 e. The van der Waals surface area contributed by atoms with Gasteiger partial charge in [-0.3, -0.25) is 4.79 Å². The molecule has 0 saturated heterocycles. The third kappa shape index (κ3) is 3.79. The van der Waals surface area contributed by atoms with Crippen LogP contribution in [0.15, 0.2) is 42.5 Å². The van der Waals surface area contributed by atoms with Gasteiger partial charge in [0.15, 0.2) is 6.61 Å². The van der Waals surface area contributed by atoms with Crippen LogP contribution in [0.1, 0.15) is 17.3 Å². The number of ether oxygens (including phenoxy) is 1. The van der Waals surface area contributed by atoms with Gasteiger partial charge in [-0.15, -0.1) is 5.10 Å². The van der Waals surface area contributed by atoms with Gasteiger partial charge in [-0.2, -0.15) is 0 Å². The molecule has 0 atom stereocenters. The van der Waals surface area contributed by atoms with Crippen molar-refractivity contribution in [3.8, 4) is 0 Å². The van der Waals surface area contributed by atoms with Crippen molar-refractivity contribution in [1.29, 1.82) is 0 Å². The Bertz CT molecular complexity index is 921. The number of carbonyl (C=O) groups is 2. The van der Waals surface area contributed by atoms with Gasteiger partial charge in [0, 0.05) is 12.2 Å². The smallest absolute Gasteiger partial charge is 0.338 e. The lowest BCUT2D eigenvalue weighted by Crippen LogP contribution is -2.20. The summed E-state index contributed by atoms with van der Waals surface area (Å²) in [6.07, 6.45) is 0. The van der Waals surface area contributed by atoms with Gasteiger partial charge in [0.2, 0.25) is 0 Å². The topological polar surface area (TPSA) is 86.1 Å². The molecule has 0 aliphatic rings. The van der Waals surface area contributed by atoms with Crippen molar-refractivity contribution in [1.82, 2.24) is 15.0 Å². The molecule has 8 heteroatoms. The summed E-state index contributed by atoms with van der Waals surface area (Å²) < 4.78 is 19.5. The average molecular weight is 342 g/mol. The fourth-order valence-electron chi connectivity index (χ4n) is 2.28. The minimum atomic E-state index is -0.637.